The number of aliphatic carboxylic acids is 1. The third kappa shape index (κ3) is 4.55. The summed E-state index contributed by atoms with van der Waals surface area (Å²) in [5.74, 6) is -1.51. The molecule has 2 atom stereocenters. The van der Waals surface area contributed by atoms with E-state index in [0.717, 1.165) is 18.4 Å². The lowest BCUT2D eigenvalue weighted by molar-refractivity contribution is -0.144. The van der Waals surface area contributed by atoms with Gasteiger partial charge in [0.2, 0.25) is 0 Å². The first-order valence-corrected chi connectivity index (χ1v) is 10.5. The predicted molar refractivity (Wildman–Crippen MR) is 103 cm³/mol. The topological polar surface area (TPSA) is 117 Å². The minimum Gasteiger partial charge on any atom is -0.480 e. The van der Waals surface area contributed by atoms with Gasteiger partial charge in [0.05, 0.1) is 5.69 Å². The Balaban J connectivity index is 2.43. The lowest BCUT2D eigenvalue weighted by atomic mass is 9.92. The molecule has 0 aliphatic heterocycles. The third-order valence-corrected chi connectivity index (χ3v) is 6.47. The number of carbonyl (C=O) groups is 2. The molecule has 27 heavy (non-hydrogen) atoms. The molecule has 150 valence electrons. The molecule has 2 unspecified atom stereocenters. The van der Waals surface area contributed by atoms with Crippen molar-refractivity contribution >= 4 is 23.0 Å². The van der Waals surface area contributed by atoms with Gasteiger partial charge >= 0.3 is 5.97 Å². The van der Waals surface area contributed by atoms with Crippen molar-refractivity contribution in [3.8, 4) is 0 Å². The molecule has 1 amide bonds. The lowest BCUT2D eigenvalue weighted by Gasteiger charge is -2.28. The summed E-state index contributed by atoms with van der Waals surface area (Å²) in [5.41, 5.74) is 0.0850. The summed E-state index contributed by atoms with van der Waals surface area (Å²) in [6.45, 7) is 7.09. The maximum Gasteiger partial charge on any atom is 0.329 e. The highest BCUT2D eigenvalue weighted by Crippen LogP contribution is 2.44. The molecule has 8 heteroatoms. The standard InChI is InChI=1S/C19H28N2O5S/c1-5-19(6-2,18(23)24)21-17(22)14-10-9-13(12-7-8-12)15(20-14)16(11(3)4)27(25)26/h9-12,16H,5-8H2,1-4H3,(H,21,22)(H,23,24)(H,25,26). The summed E-state index contributed by atoms with van der Waals surface area (Å²) < 4.78 is 21.7. The average molecular weight is 397 g/mol. The minimum absolute atomic E-state index is 0.0676. The molecule has 1 aliphatic carbocycles. The SMILES string of the molecule is CCC(CC)(NC(=O)c1ccc(C2CC2)c(C(C(C)C)S(=O)O)n1)C(=O)O. The second-order valence-corrected chi connectivity index (χ2v) is 8.49. The van der Waals surface area contributed by atoms with Crippen LogP contribution in [0.4, 0.5) is 0 Å². The number of hydrogen-bond donors (Lipinski definition) is 3. The molecule has 0 spiro atoms. The number of carboxylic acid groups (broad SMARTS) is 1. The van der Waals surface area contributed by atoms with Crippen molar-refractivity contribution in [1.82, 2.24) is 10.3 Å². The van der Waals surface area contributed by atoms with Crippen LogP contribution in [-0.2, 0) is 15.9 Å². The fourth-order valence-electron chi connectivity index (χ4n) is 3.29. The van der Waals surface area contributed by atoms with E-state index < -0.39 is 33.7 Å². The molecule has 1 aromatic heterocycles. The number of amides is 1. The summed E-state index contributed by atoms with van der Waals surface area (Å²) in [6, 6.07) is 3.36. The zero-order chi connectivity index (χ0) is 20.4. The van der Waals surface area contributed by atoms with Gasteiger partial charge in [0.25, 0.3) is 5.91 Å². The van der Waals surface area contributed by atoms with Crippen LogP contribution in [0.15, 0.2) is 12.1 Å². The highest BCUT2D eigenvalue weighted by molar-refractivity contribution is 7.79. The van der Waals surface area contributed by atoms with Gasteiger partial charge in [-0.1, -0.05) is 33.8 Å². The van der Waals surface area contributed by atoms with Crippen molar-refractivity contribution in [2.75, 3.05) is 0 Å². The summed E-state index contributed by atoms with van der Waals surface area (Å²) in [6.07, 6.45) is 2.48. The predicted octanol–water partition coefficient (Wildman–Crippen LogP) is 3.25. The van der Waals surface area contributed by atoms with E-state index in [-0.39, 0.29) is 24.5 Å². The number of carbonyl (C=O) groups excluding carboxylic acids is 1. The molecular weight excluding hydrogens is 368 g/mol. The summed E-state index contributed by atoms with van der Waals surface area (Å²) >= 11 is -2.12. The molecule has 0 aromatic carbocycles. The molecule has 0 bridgehead atoms. The normalized spacial score (nSPS) is 16.8. The second-order valence-electron chi connectivity index (χ2n) is 7.43. The van der Waals surface area contributed by atoms with E-state index in [2.05, 4.69) is 10.3 Å². The molecule has 7 nitrogen and oxygen atoms in total. The van der Waals surface area contributed by atoms with Crippen LogP contribution in [0.5, 0.6) is 0 Å². The number of nitrogens with zero attached hydrogens (tertiary/aromatic N) is 1. The highest BCUT2D eigenvalue weighted by atomic mass is 32.2. The molecule has 1 aliphatic rings. The van der Waals surface area contributed by atoms with E-state index in [1.165, 1.54) is 0 Å². The lowest BCUT2D eigenvalue weighted by Crippen LogP contribution is -2.53. The fourth-order valence-corrected chi connectivity index (χ4v) is 4.13. The number of rotatable bonds is 9. The van der Waals surface area contributed by atoms with Gasteiger partial charge in [-0.3, -0.25) is 4.79 Å². The fraction of sp³-hybridized carbons (Fsp3) is 0.632. The van der Waals surface area contributed by atoms with Crippen molar-refractivity contribution in [2.24, 2.45) is 5.92 Å². The smallest absolute Gasteiger partial charge is 0.329 e. The number of hydrogen-bond acceptors (Lipinski definition) is 4. The van der Waals surface area contributed by atoms with E-state index in [1.54, 1.807) is 26.0 Å². The number of carboxylic acids is 1. The average Bonchev–Trinajstić information content (AvgIpc) is 3.43. The molecule has 3 N–H and O–H groups in total. The van der Waals surface area contributed by atoms with Crippen molar-refractivity contribution in [1.29, 1.82) is 0 Å². The molecule has 1 heterocycles. The highest BCUT2D eigenvalue weighted by Gasteiger charge is 2.38. The molecule has 1 saturated carbocycles. The number of pyridine rings is 1. The molecule has 1 fully saturated rings. The Morgan fingerprint density at radius 1 is 1.30 bits per heavy atom. The van der Waals surface area contributed by atoms with Gasteiger partial charge in [0, 0.05) is 0 Å². The summed E-state index contributed by atoms with van der Waals surface area (Å²) in [7, 11) is 0. The number of nitrogens with one attached hydrogen (secondary N) is 1. The van der Waals surface area contributed by atoms with Crippen molar-refractivity contribution < 1.29 is 23.5 Å². The van der Waals surface area contributed by atoms with Gasteiger partial charge in [0.15, 0.2) is 11.1 Å². The van der Waals surface area contributed by atoms with Gasteiger partial charge in [-0.25, -0.2) is 14.0 Å². The first-order valence-electron chi connectivity index (χ1n) is 9.33. The van der Waals surface area contributed by atoms with Crippen LogP contribution in [0.25, 0.3) is 0 Å². The van der Waals surface area contributed by atoms with Gasteiger partial charge in [-0.05, 0) is 49.1 Å². The largest absolute Gasteiger partial charge is 0.480 e. The molecule has 2 rings (SSSR count). The van der Waals surface area contributed by atoms with Crippen molar-refractivity contribution in [2.45, 2.75) is 70.1 Å². The molecule has 0 saturated heterocycles. The summed E-state index contributed by atoms with van der Waals surface area (Å²) in [4.78, 5) is 28.8. The zero-order valence-electron chi connectivity index (χ0n) is 16.2. The maximum absolute atomic E-state index is 12.7. The number of aromatic nitrogens is 1. The Morgan fingerprint density at radius 3 is 2.30 bits per heavy atom. The zero-order valence-corrected chi connectivity index (χ0v) is 17.0. The Labute approximate surface area is 162 Å². The van der Waals surface area contributed by atoms with E-state index in [9.17, 15) is 23.5 Å². The Hall–Kier alpha value is -1.80. The Bertz CT molecular complexity index is 742. The molecule has 1 aromatic rings. The molecule has 0 radical (unpaired) electrons. The van der Waals surface area contributed by atoms with E-state index in [1.807, 2.05) is 13.8 Å². The van der Waals surface area contributed by atoms with Crippen LogP contribution in [0, 0.1) is 5.92 Å². The maximum atomic E-state index is 12.7. The third-order valence-electron chi connectivity index (χ3n) is 5.27. The van der Waals surface area contributed by atoms with E-state index in [4.69, 9.17) is 0 Å². The van der Waals surface area contributed by atoms with Gasteiger partial charge < -0.3 is 15.0 Å². The molecular formula is C19H28N2O5S. The van der Waals surface area contributed by atoms with E-state index in [0.29, 0.717) is 11.6 Å². The van der Waals surface area contributed by atoms with Crippen LogP contribution in [-0.4, -0.2) is 36.3 Å². The van der Waals surface area contributed by atoms with Gasteiger partial charge in [-0.15, -0.1) is 0 Å². The Kier molecular flexibility index (Phi) is 6.75. The minimum atomic E-state index is -2.12. The summed E-state index contributed by atoms with van der Waals surface area (Å²) in [5, 5.41) is 11.4. The van der Waals surface area contributed by atoms with Crippen LogP contribution < -0.4 is 5.32 Å². The Morgan fingerprint density at radius 2 is 1.89 bits per heavy atom. The van der Waals surface area contributed by atoms with Crippen LogP contribution in [0.2, 0.25) is 0 Å². The van der Waals surface area contributed by atoms with Crippen molar-refractivity contribution in [3.63, 3.8) is 0 Å². The first kappa shape index (κ1) is 21.5. The van der Waals surface area contributed by atoms with E-state index >= 15 is 0 Å². The van der Waals surface area contributed by atoms with Gasteiger partial charge in [-0.2, -0.15) is 0 Å². The van der Waals surface area contributed by atoms with Gasteiger partial charge in [0.1, 0.15) is 16.5 Å². The first-order chi connectivity index (χ1) is 12.7. The monoisotopic (exact) mass is 396 g/mol. The van der Waals surface area contributed by atoms with Crippen LogP contribution in [0.1, 0.15) is 86.3 Å². The second kappa shape index (κ2) is 8.48. The van der Waals surface area contributed by atoms with Crippen LogP contribution >= 0.6 is 0 Å². The van der Waals surface area contributed by atoms with Crippen LogP contribution in [0.3, 0.4) is 0 Å². The quantitative estimate of drug-likeness (QED) is 0.552. The van der Waals surface area contributed by atoms with Crippen molar-refractivity contribution in [3.05, 3.63) is 29.1 Å².